The first kappa shape index (κ1) is 20.8. The second-order valence-electron chi connectivity index (χ2n) is 6.80. The molecule has 0 radical (unpaired) electrons. The molecule has 1 aromatic carbocycles. The Kier molecular flexibility index (Phi) is 6.01. The Morgan fingerprint density at radius 1 is 1.20 bits per heavy atom. The molecule has 154 valence electrons. The Morgan fingerprint density at radius 3 is 2.83 bits per heavy atom. The molecule has 6 nitrogen and oxygen atoms in total. The van der Waals surface area contributed by atoms with Crippen LogP contribution >= 0.6 is 22.7 Å². The van der Waals surface area contributed by atoms with Gasteiger partial charge in [-0.25, -0.2) is 13.1 Å². The summed E-state index contributed by atoms with van der Waals surface area (Å²) < 4.78 is 27.4. The molecule has 1 atom stereocenters. The summed E-state index contributed by atoms with van der Waals surface area (Å²) >= 11 is 3.32. The second kappa shape index (κ2) is 8.70. The summed E-state index contributed by atoms with van der Waals surface area (Å²) in [5.74, 6) is -0.195. The van der Waals surface area contributed by atoms with Crippen molar-refractivity contribution in [2.24, 2.45) is 0 Å². The van der Waals surface area contributed by atoms with Crippen LogP contribution in [0.2, 0.25) is 0 Å². The number of nitriles is 1. The standard InChI is InChI=1S/C21H19N3O3S3/c22-9-3-10-23-30(26,27)16-5-1-4-15(14-16)21(25)24-11-7-18-17(8-13-29-18)20(24)19-6-2-12-28-19/h1-2,4-6,8,12-14,20,23H,3,7,10-11H2/t20-/m1/s1. The van der Waals surface area contributed by atoms with Crippen LogP contribution < -0.4 is 4.72 Å². The van der Waals surface area contributed by atoms with Gasteiger partial charge >= 0.3 is 0 Å². The van der Waals surface area contributed by atoms with Crippen molar-refractivity contribution in [1.29, 1.82) is 5.26 Å². The van der Waals surface area contributed by atoms with E-state index in [1.54, 1.807) is 34.8 Å². The predicted octanol–water partition coefficient (Wildman–Crippen LogP) is 3.79. The third-order valence-electron chi connectivity index (χ3n) is 4.96. The van der Waals surface area contributed by atoms with E-state index in [4.69, 9.17) is 5.26 Å². The third kappa shape index (κ3) is 4.04. The number of benzene rings is 1. The van der Waals surface area contributed by atoms with Crippen LogP contribution in [-0.2, 0) is 16.4 Å². The first-order valence-corrected chi connectivity index (χ1v) is 12.6. The van der Waals surface area contributed by atoms with Crippen molar-refractivity contribution in [3.63, 3.8) is 0 Å². The third-order valence-corrected chi connectivity index (χ3v) is 8.34. The van der Waals surface area contributed by atoms with E-state index in [1.165, 1.54) is 17.0 Å². The highest BCUT2D eigenvalue weighted by molar-refractivity contribution is 7.89. The van der Waals surface area contributed by atoms with Crippen LogP contribution in [0.15, 0.2) is 58.1 Å². The lowest BCUT2D eigenvalue weighted by Crippen LogP contribution is -2.39. The van der Waals surface area contributed by atoms with E-state index in [9.17, 15) is 13.2 Å². The van der Waals surface area contributed by atoms with Crippen LogP contribution in [-0.4, -0.2) is 32.3 Å². The molecule has 0 saturated heterocycles. The monoisotopic (exact) mass is 457 g/mol. The van der Waals surface area contributed by atoms with E-state index < -0.39 is 10.0 Å². The van der Waals surface area contributed by atoms with Gasteiger partial charge in [0.1, 0.15) is 0 Å². The molecule has 1 aliphatic heterocycles. The molecule has 2 aromatic heterocycles. The number of carbonyl (C=O) groups is 1. The van der Waals surface area contributed by atoms with Gasteiger partial charge in [0.05, 0.1) is 17.0 Å². The summed E-state index contributed by atoms with van der Waals surface area (Å²) in [5.41, 5.74) is 1.47. The van der Waals surface area contributed by atoms with Gasteiger partial charge in [-0.2, -0.15) is 5.26 Å². The fourth-order valence-corrected chi connectivity index (χ4v) is 6.41. The van der Waals surface area contributed by atoms with Gasteiger partial charge in [-0.05, 0) is 53.1 Å². The van der Waals surface area contributed by atoms with Gasteiger partial charge in [-0.15, -0.1) is 22.7 Å². The lowest BCUT2D eigenvalue weighted by Gasteiger charge is -2.35. The first-order valence-electron chi connectivity index (χ1n) is 9.38. The largest absolute Gasteiger partial charge is 0.326 e. The van der Waals surface area contributed by atoms with Crippen molar-refractivity contribution in [2.75, 3.05) is 13.1 Å². The van der Waals surface area contributed by atoms with Crippen LogP contribution in [0.5, 0.6) is 0 Å². The number of fused-ring (bicyclic) bond motifs is 1. The fraction of sp³-hybridized carbons (Fsp3) is 0.238. The van der Waals surface area contributed by atoms with Gasteiger partial charge in [0, 0.05) is 34.8 Å². The number of rotatable bonds is 6. The SMILES string of the molecule is N#CCCNS(=O)(=O)c1cccc(C(=O)N2CCc3sccc3[C@@H]2c2cccs2)c1. The molecule has 4 rings (SSSR count). The molecular formula is C21H19N3O3S3. The summed E-state index contributed by atoms with van der Waals surface area (Å²) in [7, 11) is -3.78. The molecule has 0 fully saturated rings. The second-order valence-corrected chi connectivity index (χ2v) is 10.5. The number of nitrogens with one attached hydrogen (secondary N) is 1. The zero-order valence-corrected chi connectivity index (χ0v) is 18.4. The summed E-state index contributed by atoms with van der Waals surface area (Å²) in [6.45, 7) is 0.608. The molecule has 3 aromatic rings. The molecule has 0 unspecified atom stereocenters. The van der Waals surface area contributed by atoms with Crippen LogP contribution in [0.1, 0.15) is 38.1 Å². The molecular weight excluding hydrogens is 438 g/mol. The van der Waals surface area contributed by atoms with Crippen molar-refractivity contribution in [2.45, 2.75) is 23.8 Å². The van der Waals surface area contributed by atoms with E-state index in [0.29, 0.717) is 12.1 Å². The zero-order chi connectivity index (χ0) is 21.1. The number of thiophene rings is 2. The first-order chi connectivity index (χ1) is 14.5. The van der Waals surface area contributed by atoms with Crippen LogP contribution in [0.3, 0.4) is 0 Å². The normalized spacial score (nSPS) is 16.1. The lowest BCUT2D eigenvalue weighted by molar-refractivity contribution is 0.0698. The topological polar surface area (TPSA) is 90.3 Å². The Balaban J connectivity index is 1.65. The minimum absolute atomic E-state index is 0.0206. The maximum Gasteiger partial charge on any atom is 0.254 e. The van der Waals surface area contributed by atoms with Crippen LogP contribution in [0.4, 0.5) is 0 Å². The summed E-state index contributed by atoms with van der Waals surface area (Å²) in [6.07, 6.45) is 0.866. The number of carbonyl (C=O) groups excluding carboxylic acids is 1. The highest BCUT2D eigenvalue weighted by Gasteiger charge is 2.34. The van der Waals surface area contributed by atoms with Gasteiger partial charge in [0.15, 0.2) is 0 Å². The molecule has 0 bridgehead atoms. The summed E-state index contributed by atoms with van der Waals surface area (Å²) in [6, 6.07) is 13.9. The van der Waals surface area contributed by atoms with E-state index in [0.717, 1.165) is 16.9 Å². The maximum atomic E-state index is 13.5. The predicted molar refractivity (Wildman–Crippen MR) is 117 cm³/mol. The Morgan fingerprint density at radius 2 is 2.07 bits per heavy atom. The highest BCUT2D eigenvalue weighted by Crippen LogP contribution is 2.40. The lowest BCUT2D eigenvalue weighted by atomic mass is 9.97. The Labute approximate surface area is 183 Å². The average Bonchev–Trinajstić information content (AvgIpc) is 3.44. The van der Waals surface area contributed by atoms with E-state index in [1.807, 2.05) is 28.5 Å². The molecule has 0 spiro atoms. The molecule has 0 saturated carbocycles. The van der Waals surface area contributed by atoms with Crippen molar-refractivity contribution in [1.82, 2.24) is 9.62 Å². The number of hydrogen-bond donors (Lipinski definition) is 1. The molecule has 9 heteroatoms. The molecule has 30 heavy (non-hydrogen) atoms. The molecule has 0 aliphatic carbocycles. The van der Waals surface area contributed by atoms with Gasteiger partial charge in [0.25, 0.3) is 5.91 Å². The van der Waals surface area contributed by atoms with Gasteiger partial charge < -0.3 is 4.90 Å². The van der Waals surface area contributed by atoms with Crippen molar-refractivity contribution < 1.29 is 13.2 Å². The highest BCUT2D eigenvalue weighted by atomic mass is 32.2. The van der Waals surface area contributed by atoms with Crippen LogP contribution in [0.25, 0.3) is 0 Å². The Hall–Kier alpha value is -2.51. The molecule has 1 aliphatic rings. The molecule has 1 amide bonds. The number of nitrogens with zero attached hydrogens (tertiary/aromatic N) is 2. The molecule has 3 heterocycles. The number of hydrogen-bond acceptors (Lipinski definition) is 6. The summed E-state index contributed by atoms with van der Waals surface area (Å²) in [5, 5.41) is 12.7. The van der Waals surface area contributed by atoms with Crippen molar-refractivity contribution >= 4 is 38.6 Å². The zero-order valence-electron chi connectivity index (χ0n) is 15.9. The van der Waals surface area contributed by atoms with Gasteiger partial charge in [0.2, 0.25) is 10.0 Å². The van der Waals surface area contributed by atoms with Gasteiger partial charge in [-0.3, -0.25) is 4.79 Å². The minimum Gasteiger partial charge on any atom is -0.326 e. The summed E-state index contributed by atoms with van der Waals surface area (Å²) in [4.78, 5) is 17.7. The minimum atomic E-state index is -3.78. The molecule has 1 N–H and O–H groups in total. The van der Waals surface area contributed by atoms with Crippen LogP contribution in [0, 0.1) is 11.3 Å². The Bertz CT molecular complexity index is 1190. The van der Waals surface area contributed by atoms with E-state index in [-0.39, 0.29) is 29.8 Å². The van der Waals surface area contributed by atoms with E-state index >= 15 is 0 Å². The number of amides is 1. The van der Waals surface area contributed by atoms with E-state index in [2.05, 4.69) is 16.2 Å². The quantitative estimate of drug-likeness (QED) is 0.570. The fourth-order valence-electron chi connectivity index (χ4n) is 3.58. The maximum absolute atomic E-state index is 13.5. The van der Waals surface area contributed by atoms with Crippen molar-refractivity contribution in [3.05, 3.63) is 74.1 Å². The number of sulfonamides is 1. The average molecular weight is 458 g/mol. The van der Waals surface area contributed by atoms with Crippen molar-refractivity contribution in [3.8, 4) is 6.07 Å². The smallest absolute Gasteiger partial charge is 0.254 e. The van der Waals surface area contributed by atoms with Gasteiger partial charge in [-0.1, -0.05) is 12.1 Å².